The number of hydrazone groups is 1. The first kappa shape index (κ1) is 15.5. The predicted molar refractivity (Wildman–Crippen MR) is 94.6 cm³/mol. The van der Waals surface area contributed by atoms with Gasteiger partial charge in [-0.3, -0.25) is 4.79 Å². The highest BCUT2D eigenvalue weighted by atomic mass is 35.5. The number of nitrogens with zero attached hydrogens (tertiary/aromatic N) is 1. The van der Waals surface area contributed by atoms with Crippen LogP contribution in [0.1, 0.15) is 22.2 Å². The SMILES string of the molecule is C/C(=N\NC(=O)c1sc2ccccc2c1Cl)c1ccc(O)cc1. The van der Waals surface area contributed by atoms with Gasteiger partial charge in [-0.2, -0.15) is 5.10 Å². The number of hydrogen-bond donors (Lipinski definition) is 2. The van der Waals surface area contributed by atoms with Crippen LogP contribution >= 0.6 is 22.9 Å². The van der Waals surface area contributed by atoms with Gasteiger partial charge < -0.3 is 5.11 Å². The summed E-state index contributed by atoms with van der Waals surface area (Å²) in [7, 11) is 0. The number of hydrogen-bond acceptors (Lipinski definition) is 4. The number of fused-ring (bicyclic) bond motifs is 1. The van der Waals surface area contributed by atoms with Crippen molar-refractivity contribution < 1.29 is 9.90 Å². The number of phenols is 1. The van der Waals surface area contributed by atoms with Crippen molar-refractivity contribution in [3.63, 3.8) is 0 Å². The van der Waals surface area contributed by atoms with E-state index in [1.807, 2.05) is 24.3 Å². The van der Waals surface area contributed by atoms with Crippen molar-refractivity contribution in [2.75, 3.05) is 0 Å². The molecule has 0 spiro atoms. The summed E-state index contributed by atoms with van der Waals surface area (Å²) >= 11 is 7.61. The fourth-order valence-electron chi connectivity index (χ4n) is 2.11. The van der Waals surface area contributed by atoms with Gasteiger partial charge in [0.25, 0.3) is 5.91 Å². The summed E-state index contributed by atoms with van der Waals surface area (Å²) in [5, 5.41) is 14.7. The third-order valence-electron chi connectivity index (χ3n) is 3.35. The van der Waals surface area contributed by atoms with Crippen LogP contribution < -0.4 is 5.43 Å². The molecule has 0 aliphatic rings. The molecule has 1 heterocycles. The molecule has 2 aromatic carbocycles. The van der Waals surface area contributed by atoms with Gasteiger partial charge in [0.05, 0.1) is 10.7 Å². The quantitative estimate of drug-likeness (QED) is 0.546. The van der Waals surface area contributed by atoms with Gasteiger partial charge in [0.2, 0.25) is 0 Å². The zero-order chi connectivity index (χ0) is 16.4. The van der Waals surface area contributed by atoms with Crippen molar-refractivity contribution in [2.45, 2.75) is 6.92 Å². The summed E-state index contributed by atoms with van der Waals surface area (Å²) in [6.45, 7) is 1.78. The van der Waals surface area contributed by atoms with Crippen LogP contribution in [0.25, 0.3) is 10.1 Å². The molecular formula is C17H13ClN2O2S. The standard InChI is InChI=1S/C17H13ClN2O2S/c1-10(11-6-8-12(21)9-7-11)19-20-17(22)16-15(18)13-4-2-3-5-14(13)23-16/h2-9,21H,1H3,(H,20,22)/b19-10+. The summed E-state index contributed by atoms with van der Waals surface area (Å²) in [6.07, 6.45) is 0. The Bertz CT molecular complexity index is 901. The number of aromatic hydroxyl groups is 1. The van der Waals surface area contributed by atoms with Gasteiger partial charge in [-0.25, -0.2) is 5.43 Å². The molecular weight excluding hydrogens is 332 g/mol. The number of halogens is 1. The lowest BCUT2D eigenvalue weighted by molar-refractivity contribution is 0.0959. The first-order chi connectivity index (χ1) is 11.1. The van der Waals surface area contributed by atoms with Crippen molar-refractivity contribution in [1.29, 1.82) is 0 Å². The van der Waals surface area contributed by atoms with Gasteiger partial charge in [-0.15, -0.1) is 11.3 Å². The Balaban J connectivity index is 1.81. The van der Waals surface area contributed by atoms with Crippen LogP contribution in [0.3, 0.4) is 0 Å². The zero-order valence-electron chi connectivity index (χ0n) is 12.2. The van der Waals surface area contributed by atoms with Crippen LogP contribution in [-0.4, -0.2) is 16.7 Å². The van der Waals surface area contributed by atoms with Gasteiger partial charge >= 0.3 is 0 Å². The number of thiophene rings is 1. The van der Waals surface area contributed by atoms with E-state index in [0.29, 0.717) is 15.6 Å². The Morgan fingerprint density at radius 3 is 2.57 bits per heavy atom. The lowest BCUT2D eigenvalue weighted by Gasteiger charge is -2.02. The van der Waals surface area contributed by atoms with E-state index < -0.39 is 0 Å². The molecule has 3 aromatic rings. The van der Waals surface area contributed by atoms with Gasteiger partial charge in [0.1, 0.15) is 10.6 Å². The minimum atomic E-state index is -0.339. The minimum Gasteiger partial charge on any atom is -0.508 e. The summed E-state index contributed by atoms with van der Waals surface area (Å²) in [6, 6.07) is 14.2. The van der Waals surface area contributed by atoms with Crippen LogP contribution in [0, 0.1) is 0 Å². The topological polar surface area (TPSA) is 61.7 Å². The summed E-state index contributed by atoms with van der Waals surface area (Å²) in [5.41, 5.74) is 3.97. The van der Waals surface area contributed by atoms with Gasteiger partial charge in [0, 0.05) is 10.1 Å². The second-order valence-electron chi connectivity index (χ2n) is 4.93. The maximum Gasteiger partial charge on any atom is 0.283 e. The van der Waals surface area contributed by atoms with Crippen molar-refractivity contribution >= 4 is 44.6 Å². The smallest absolute Gasteiger partial charge is 0.283 e. The lowest BCUT2D eigenvalue weighted by Crippen LogP contribution is -2.18. The van der Waals surface area contributed by atoms with Crippen molar-refractivity contribution in [1.82, 2.24) is 5.43 Å². The molecule has 0 aliphatic carbocycles. The molecule has 2 N–H and O–H groups in total. The molecule has 0 saturated carbocycles. The van der Waals surface area contributed by atoms with Crippen molar-refractivity contribution in [3.8, 4) is 5.75 Å². The molecule has 0 atom stereocenters. The molecule has 0 radical (unpaired) electrons. The molecule has 116 valence electrons. The second kappa shape index (κ2) is 6.40. The van der Waals surface area contributed by atoms with E-state index in [1.54, 1.807) is 31.2 Å². The Morgan fingerprint density at radius 1 is 1.17 bits per heavy atom. The first-order valence-corrected chi connectivity index (χ1v) is 8.07. The Kier molecular flexibility index (Phi) is 4.32. The maximum absolute atomic E-state index is 12.3. The van der Waals surface area contributed by atoms with Gasteiger partial charge in [-0.1, -0.05) is 29.8 Å². The zero-order valence-corrected chi connectivity index (χ0v) is 13.8. The number of nitrogens with one attached hydrogen (secondary N) is 1. The molecule has 1 aromatic heterocycles. The minimum absolute atomic E-state index is 0.183. The van der Waals surface area contributed by atoms with Crippen LogP contribution in [0.2, 0.25) is 5.02 Å². The van der Waals surface area contributed by atoms with Crippen LogP contribution in [-0.2, 0) is 0 Å². The van der Waals surface area contributed by atoms with E-state index in [2.05, 4.69) is 10.5 Å². The fourth-order valence-corrected chi connectivity index (χ4v) is 3.52. The van der Waals surface area contributed by atoms with E-state index in [9.17, 15) is 9.90 Å². The highest BCUT2D eigenvalue weighted by Crippen LogP contribution is 2.34. The van der Waals surface area contributed by atoms with E-state index in [0.717, 1.165) is 15.6 Å². The lowest BCUT2D eigenvalue weighted by atomic mass is 10.1. The van der Waals surface area contributed by atoms with Gasteiger partial charge in [-0.05, 0) is 42.8 Å². The molecule has 23 heavy (non-hydrogen) atoms. The van der Waals surface area contributed by atoms with Crippen molar-refractivity contribution in [3.05, 3.63) is 64.0 Å². The summed E-state index contributed by atoms with van der Waals surface area (Å²) < 4.78 is 0.960. The predicted octanol–water partition coefficient (Wildman–Crippen LogP) is 4.41. The van der Waals surface area contributed by atoms with Crippen LogP contribution in [0.4, 0.5) is 0 Å². The molecule has 0 fully saturated rings. The van der Waals surface area contributed by atoms with Crippen LogP contribution in [0.15, 0.2) is 53.6 Å². The third-order valence-corrected chi connectivity index (χ3v) is 5.03. The normalized spacial score (nSPS) is 11.7. The fraction of sp³-hybridized carbons (Fsp3) is 0.0588. The maximum atomic E-state index is 12.3. The molecule has 6 heteroatoms. The molecule has 4 nitrogen and oxygen atoms in total. The first-order valence-electron chi connectivity index (χ1n) is 6.87. The molecule has 1 amide bonds. The highest BCUT2D eigenvalue weighted by Gasteiger charge is 2.16. The molecule has 0 aliphatic heterocycles. The number of phenolic OH excluding ortho intramolecular Hbond substituents is 1. The summed E-state index contributed by atoms with van der Waals surface area (Å²) in [5.74, 6) is -0.156. The Hall–Kier alpha value is -2.37. The monoisotopic (exact) mass is 344 g/mol. The number of amides is 1. The number of carbonyl (C=O) groups is 1. The van der Waals surface area contributed by atoms with E-state index in [-0.39, 0.29) is 11.7 Å². The molecule has 3 rings (SSSR count). The van der Waals surface area contributed by atoms with E-state index >= 15 is 0 Å². The average molecular weight is 345 g/mol. The molecule has 0 bridgehead atoms. The van der Waals surface area contributed by atoms with Gasteiger partial charge in [0.15, 0.2) is 0 Å². The Morgan fingerprint density at radius 2 is 1.87 bits per heavy atom. The van der Waals surface area contributed by atoms with E-state index in [1.165, 1.54) is 11.3 Å². The highest BCUT2D eigenvalue weighted by molar-refractivity contribution is 7.21. The number of rotatable bonds is 3. The molecule has 0 unspecified atom stereocenters. The number of carbonyl (C=O) groups excluding carboxylic acids is 1. The van der Waals surface area contributed by atoms with Crippen LogP contribution in [0.5, 0.6) is 5.75 Å². The van der Waals surface area contributed by atoms with Crippen molar-refractivity contribution in [2.24, 2.45) is 5.10 Å². The van der Waals surface area contributed by atoms with E-state index in [4.69, 9.17) is 11.6 Å². The Labute approximate surface area is 142 Å². The number of benzene rings is 2. The third kappa shape index (κ3) is 3.21. The second-order valence-corrected chi connectivity index (χ2v) is 6.36. The molecule has 0 saturated heterocycles. The largest absolute Gasteiger partial charge is 0.508 e. The average Bonchev–Trinajstić information content (AvgIpc) is 2.90. The summed E-state index contributed by atoms with van der Waals surface area (Å²) in [4.78, 5) is 12.7.